The Morgan fingerprint density at radius 3 is 1.36 bits per heavy atom. The van der Waals surface area contributed by atoms with Gasteiger partial charge in [-0.3, -0.25) is 0 Å². The van der Waals surface area contributed by atoms with Crippen molar-refractivity contribution in [1.82, 2.24) is 9.13 Å². The Hall–Kier alpha value is -2.62. The molecule has 8 nitrogen and oxygen atoms in total. The molecule has 0 radical (unpaired) electrons. The van der Waals surface area contributed by atoms with Crippen molar-refractivity contribution in [2.24, 2.45) is 0 Å². The largest absolute Gasteiger partial charge is 1.00 e. The maximum atomic E-state index is 12.7. The van der Waals surface area contributed by atoms with E-state index in [9.17, 15) is 14.7 Å². The van der Waals surface area contributed by atoms with Crippen LogP contribution in [-0.2, 0) is 14.2 Å². The number of aromatic nitrogens is 2. The molecule has 0 spiro atoms. The predicted octanol–water partition coefficient (Wildman–Crippen LogP) is 6.10. The average molecular weight is 661 g/mol. The Balaban J connectivity index is 0.000000867. The summed E-state index contributed by atoms with van der Waals surface area (Å²) in [5, 5.41) is 11.7. The fourth-order valence-corrected chi connectivity index (χ4v) is 5.63. The van der Waals surface area contributed by atoms with Crippen LogP contribution in [0.5, 0.6) is 0 Å². The van der Waals surface area contributed by atoms with Gasteiger partial charge in [0.25, 0.3) is 0 Å². The van der Waals surface area contributed by atoms with Gasteiger partial charge in [0, 0.05) is 40.3 Å². The molecule has 4 rings (SSSR count). The fraction of sp³-hybridized carbons (Fsp3) is 0.526. The number of rotatable bonds is 7. The van der Waals surface area contributed by atoms with E-state index in [2.05, 4.69) is 11.5 Å². The van der Waals surface area contributed by atoms with Gasteiger partial charge in [0.1, 0.15) is 11.2 Å². The number of nitrogens with zero attached hydrogens (tertiary/aromatic N) is 2. The van der Waals surface area contributed by atoms with Crippen LogP contribution in [0.2, 0.25) is 0 Å². The number of hydrogen-bond acceptors (Lipinski definition) is 6. The quantitative estimate of drug-likeness (QED) is 0.190. The van der Waals surface area contributed by atoms with E-state index in [0.717, 1.165) is 33.2 Å². The number of carbonyl (C=O) groups excluding carboxylic acids is 2. The summed E-state index contributed by atoms with van der Waals surface area (Å²) in [5.74, 6) is -0.597. The van der Waals surface area contributed by atoms with Gasteiger partial charge in [0.2, 0.25) is 0 Å². The minimum atomic E-state index is -0.539. The molecule has 0 saturated carbocycles. The molecule has 47 heavy (non-hydrogen) atoms. The molecule has 4 aromatic rings. The normalized spacial score (nSPS) is 14.2. The SMILES string of the molecule is C.COC(C)C(C)n1c(C)c(C(=O)OC(C)(C)C)c2ccccc21.Cc1c(C(=O)OC(C)(C)C)c2ccccc2n1C(C)C(C)O.[H-].[Na+]. The first-order valence-electron chi connectivity index (χ1n) is 15.7. The van der Waals surface area contributed by atoms with Gasteiger partial charge in [-0.25, -0.2) is 9.59 Å². The van der Waals surface area contributed by atoms with Crippen LogP contribution in [0, 0.1) is 13.8 Å². The van der Waals surface area contributed by atoms with Crippen LogP contribution in [0.1, 0.15) is 122 Å². The van der Waals surface area contributed by atoms with Gasteiger partial charge in [-0.1, -0.05) is 43.8 Å². The monoisotopic (exact) mass is 660 g/mol. The molecule has 0 saturated heterocycles. The van der Waals surface area contributed by atoms with Gasteiger partial charge in [-0.05, 0) is 95.2 Å². The standard InChI is InChI=1S/C19H27NO3.C18H25NO3.CH4.Na.H/c1-12(14(3)22-7)20-13(2)17(18(21)23-19(4,5)6)15-10-8-9-11-16(15)20;1-11(13(3)20)19-12(2)16(17(21)22-18(4,5)6)14-9-7-8-10-15(14)19;;;/h8-12,14H,1-7H3;7-11,13,20H,1-6H3;1H4;;/q;;;+1;-1. The molecule has 9 heteroatoms. The van der Waals surface area contributed by atoms with Crippen molar-refractivity contribution in [1.29, 1.82) is 0 Å². The summed E-state index contributed by atoms with van der Waals surface area (Å²) in [6, 6.07) is 15.7. The Kier molecular flexibility index (Phi) is 15.0. The van der Waals surface area contributed by atoms with Crippen molar-refractivity contribution in [2.75, 3.05) is 7.11 Å². The number of para-hydroxylation sites is 2. The molecule has 0 aliphatic heterocycles. The first-order chi connectivity index (χ1) is 20.8. The van der Waals surface area contributed by atoms with E-state index < -0.39 is 17.3 Å². The van der Waals surface area contributed by atoms with E-state index in [-0.39, 0.29) is 68.5 Å². The Labute approximate surface area is 305 Å². The van der Waals surface area contributed by atoms with Crippen LogP contribution in [0.4, 0.5) is 0 Å². The number of aliphatic hydroxyl groups excluding tert-OH is 1. The summed E-state index contributed by atoms with van der Waals surface area (Å²) >= 11 is 0. The van der Waals surface area contributed by atoms with Crippen LogP contribution in [0.3, 0.4) is 0 Å². The zero-order valence-corrected chi connectivity index (χ0v) is 32.3. The Bertz CT molecular complexity index is 1660. The van der Waals surface area contributed by atoms with Crippen molar-refractivity contribution in [3.05, 3.63) is 71.0 Å². The molecular weight excluding hydrogens is 603 g/mol. The zero-order chi connectivity index (χ0) is 34.0. The molecular formula is C38H57N2NaO6. The van der Waals surface area contributed by atoms with Crippen LogP contribution < -0.4 is 29.6 Å². The number of carbonyl (C=O) groups is 2. The van der Waals surface area contributed by atoms with Crippen molar-refractivity contribution in [3.8, 4) is 0 Å². The van der Waals surface area contributed by atoms with Crippen molar-refractivity contribution < 1.29 is 59.9 Å². The van der Waals surface area contributed by atoms with E-state index in [1.807, 2.05) is 122 Å². The maximum absolute atomic E-state index is 12.7. The van der Waals surface area contributed by atoms with E-state index >= 15 is 0 Å². The molecule has 4 atom stereocenters. The van der Waals surface area contributed by atoms with Crippen LogP contribution in [0.15, 0.2) is 48.5 Å². The maximum Gasteiger partial charge on any atom is 1.00 e. The number of esters is 2. The smallest absolute Gasteiger partial charge is 1.00 e. The summed E-state index contributed by atoms with van der Waals surface area (Å²) in [7, 11) is 1.71. The predicted molar refractivity (Wildman–Crippen MR) is 189 cm³/mol. The van der Waals surface area contributed by atoms with Gasteiger partial charge >= 0.3 is 41.5 Å². The van der Waals surface area contributed by atoms with Crippen LogP contribution in [0.25, 0.3) is 21.8 Å². The van der Waals surface area contributed by atoms with E-state index in [1.54, 1.807) is 14.0 Å². The Morgan fingerprint density at radius 1 is 0.702 bits per heavy atom. The van der Waals surface area contributed by atoms with Crippen LogP contribution in [-0.4, -0.2) is 56.7 Å². The summed E-state index contributed by atoms with van der Waals surface area (Å²) in [6.07, 6.45) is -0.475. The van der Waals surface area contributed by atoms with Gasteiger partial charge in [0.05, 0.1) is 35.4 Å². The fourth-order valence-electron chi connectivity index (χ4n) is 5.63. The molecule has 0 fully saturated rings. The molecule has 0 aliphatic rings. The van der Waals surface area contributed by atoms with E-state index in [4.69, 9.17) is 14.2 Å². The molecule has 256 valence electrons. The van der Waals surface area contributed by atoms with Crippen LogP contribution >= 0.6 is 0 Å². The molecule has 0 bridgehead atoms. The topological polar surface area (TPSA) is 91.9 Å². The Morgan fingerprint density at radius 2 is 1.04 bits per heavy atom. The van der Waals surface area contributed by atoms with Crippen molar-refractivity contribution in [2.45, 2.75) is 126 Å². The number of ether oxygens (including phenoxy) is 3. The third-order valence-corrected chi connectivity index (χ3v) is 8.08. The molecule has 1 N–H and O–H groups in total. The van der Waals surface area contributed by atoms with Gasteiger partial charge in [-0.15, -0.1) is 0 Å². The molecule has 0 amide bonds. The first kappa shape index (κ1) is 42.4. The number of hydrogen-bond donors (Lipinski definition) is 1. The third kappa shape index (κ3) is 9.73. The van der Waals surface area contributed by atoms with E-state index in [1.165, 1.54) is 0 Å². The average Bonchev–Trinajstić information content (AvgIpc) is 3.40. The second-order valence-corrected chi connectivity index (χ2v) is 13.9. The number of benzene rings is 2. The third-order valence-electron chi connectivity index (χ3n) is 8.08. The van der Waals surface area contributed by atoms with Gasteiger partial charge in [-0.2, -0.15) is 0 Å². The van der Waals surface area contributed by atoms with Gasteiger partial charge < -0.3 is 29.9 Å². The van der Waals surface area contributed by atoms with Crippen molar-refractivity contribution >= 4 is 33.7 Å². The molecule has 4 unspecified atom stereocenters. The minimum Gasteiger partial charge on any atom is -1.00 e. The zero-order valence-electron chi connectivity index (χ0n) is 31.3. The first-order valence-corrected chi connectivity index (χ1v) is 15.7. The molecule has 2 heterocycles. The minimum absolute atomic E-state index is 0. The number of fused-ring (bicyclic) bond motifs is 2. The number of aliphatic hydroxyl groups is 1. The summed E-state index contributed by atoms with van der Waals surface area (Å²) < 4.78 is 20.8. The van der Waals surface area contributed by atoms with Crippen molar-refractivity contribution in [3.63, 3.8) is 0 Å². The molecule has 2 aromatic heterocycles. The second-order valence-electron chi connectivity index (χ2n) is 13.9. The van der Waals surface area contributed by atoms with E-state index in [0.29, 0.717) is 11.1 Å². The number of methoxy groups -OCH3 is 1. The summed E-state index contributed by atoms with van der Waals surface area (Å²) in [5.41, 5.74) is 3.88. The second kappa shape index (κ2) is 16.7. The summed E-state index contributed by atoms with van der Waals surface area (Å²) in [6.45, 7) is 22.9. The molecule has 2 aromatic carbocycles. The van der Waals surface area contributed by atoms with Gasteiger partial charge in [0.15, 0.2) is 0 Å². The summed E-state index contributed by atoms with van der Waals surface area (Å²) in [4.78, 5) is 25.3. The molecule has 0 aliphatic carbocycles.